The normalized spacial score (nSPS) is 10.2. The number of nitrogens with zero attached hydrogens (tertiary/aromatic N) is 1. The number of nitrogens with one attached hydrogen (secondary N) is 2. The standard InChI is InChI=1S/C17H19N3O6S/c1-24-11-4-5-13(25-2)12(8-11)19-15(22)9-27-17-18-10(6-14(21)20-17)7-16(23)26-3/h4-6,8H,7,9H2,1-3H3,(H,19,22)(H,18,20,21). The van der Waals surface area contributed by atoms with Crippen LogP contribution in [0.25, 0.3) is 0 Å². The summed E-state index contributed by atoms with van der Waals surface area (Å²) in [5.74, 6) is 0.214. The molecule has 0 saturated carbocycles. The van der Waals surface area contributed by atoms with E-state index in [2.05, 4.69) is 20.0 Å². The molecule has 2 aromatic rings. The molecular weight excluding hydrogens is 374 g/mol. The van der Waals surface area contributed by atoms with Gasteiger partial charge in [-0.1, -0.05) is 11.8 Å². The van der Waals surface area contributed by atoms with Gasteiger partial charge in [-0.15, -0.1) is 0 Å². The van der Waals surface area contributed by atoms with E-state index in [1.54, 1.807) is 18.2 Å². The fourth-order valence-electron chi connectivity index (χ4n) is 2.09. The average molecular weight is 393 g/mol. The van der Waals surface area contributed by atoms with E-state index in [4.69, 9.17) is 9.47 Å². The third-order valence-corrected chi connectivity index (χ3v) is 4.22. The first-order valence-corrected chi connectivity index (χ1v) is 8.75. The van der Waals surface area contributed by atoms with Crippen molar-refractivity contribution >= 4 is 29.3 Å². The number of H-pyrrole nitrogens is 1. The summed E-state index contributed by atoms with van der Waals surface area (Å²) in [6.45, 7) is 0. The largest absolute Gasteiger partial charge is 0.497 e. The third-order valence-electron chi connectivity index (χ3n) is 3.35. The highest BCUT2D eigenvalue weighted by Crippen LogP contribution is 2.29. The number of carbonyl (C=O) groups is 2. The van der Waals surface area contributed by atoms with Crippen LogP contribution in [0.15, 0.2) is 34.2 Å². The van der Waals surface area contributed by atoms with Gasteiger partial charge in [0.2, 0.25) is 5.91 Å². The van der Waals surface area contributed by atoms with Crippen LogP contribution < -0.4 is 20.3 Å². The summed E-state index contributed by atoms with van der Waals surface area (Å²) in [5.41, 5.74) is 0.313. The SMILES string of the molecule is COC(=O)Cc1cc(=O)[nH]c(SCC(=O)Nc2cc(OC)ccc2OC)n1. The molecule has 1 aromatic carbocycles. The molecule has 1 aromatic heterocycles. The van der Waals surface area contributed by atoms with Gasteiger partial charge in [-0.25, -0.2) is 4.98 Å². The van der Waals surface area contributed by atoms with E-state index >= 15 is 0 Å². The monoisotopic (exact) mass is 393 g/mol. The molecule has 10 heteroatoms. The van der Waals surface area contributed by atoms with Crippen molar-refractivity contribution in [1.29, 1.82) is 0 Å². The van der Waals surface area contributed by atoms with Crippen molar-refractivity contribution < 1.29 is 23.8 Å². The Morgan fingerprint density at radius 3 is 2.63 bits per heavy atom. The molecule has 27 heavy (non-hydrogen) atoms. The molecule has 0 radical (unpaired) electrons. The summed E-state index contributed by atoms with van der Waals surface area (Å²) in [7, 11) is 4.27. The smallest absolute Gasteiger partial charge is 0.311 e. The van der Waals surface area contributed by atoms with Crippen molar-refractivity contribution in [3.05, 3.63) is 40.3 Å². The first-order valence-electron chi connectivity index (χ1n) is 7.77. The van der Waals surface area contributed by atoms with Gasteiger partial charge >= 0.3 is 5.97 Å². The molecule has 1 heterocycles. The molecule has 0 saturated heterocycles. The summed E-state index contributed by atoms with van der Waals surface area (Å²) in [6.07, 6.45) is -0.124. The predicted octanol–water partition coefficient (Wildman–Crippen LogP) is 1.23. The molecule has 2 N–H and O–H groups in total. The average Bonchev–Trinajstić information content (AvgIpc) is 2.65. The second kappa shape index (κ2) is 9.62. The van der Waals surface area contributed by atoms with Crippen molar-refractivity contribution in [1.82, 2.24) is 9.97 Å². The van der Waals surface area contributed by atoms with Crippen LogP contribution in [0.4, 0.5) is 5.69 Å². The van der Waals surface area contributed by atoms with Crippen LogP contribution in [0.5, 0.6) is 11.5 Å². The number of thioether (sulfide) groups is 1. The van der Waals surface area contributed by atoms with Gasteiger partial charge in [-0.2, -0.15) is 0 Å². The maximum absolute atomic E-state index is 12.2. The number of hydrogen-bond donors (Lipinski definition) is 2. The van der Waals surface area contributed by atoms with E-state index in [1.807, 2.05) is 0 Å². The number of methoxy groups -OCH3 is 3. The summed E-state index contributed by atoms with van der Waals surface area (Å²) in [5, 5.41) is 2.95. The molecule has 0 aliphatic carbocycles. The number of rotatable bonds is 8. The van der Waals surface area contributed by atoms with Crippen molar-refractivity contribution in [3.8, 4) is 11.5 Å². The Labute approximate surface area is 159 Å². The lowest BCUT2D eigenvalue weighted by atomic mass is 10.2. The van der Waals surface area contributed by atoms with E-state index in [0.717, 1.165) is 11.8 Å². The van der Waals surface area contributed by atoms with E-state index in [9.17, 15) is 14.4 Å². The summed E-state index contributed by atoms with van der Waals surface area (Å²) < 4.78 is 14.9. The Morgan fingerprint density at radius 2 is 1.96 bits per heavy atom. The number of anilines is 1. The Bertz CT molecular complexity index is 883. The molecule has 1 amide bonds. The highest BCUT2D eigenvalue weighted by molar-refractivity contribution is 7.99. The zero-order valence-corrected chi connectivity index (χ0v) is 15.8. The molecule has 9 nitrogen and oxygen atoms in total. The summed E-state index contributed by atoms with van der Waals surface area (Å²) >= 11 is 1.03. The zero-order valence-electron chi connectivity index (χ0n) is 15.0. The molecule has 0 spiro atoms. The predicted molar refractivity (Wildman–Crippen MR) is 99.5 cm³/mol. The van der Waals surface area contributed by atoms with Crippen LogP contribution >= 0.6 is 11.8 Å². The van der Waals surface area contributed by atoms with Gasteiger partial charge < -0.3 is 24.5 Å². The molecule has 2 rings (SSSR count). The lowest BCUT2D eigenvalue weighted by molar-refractivity contribution is -0.139. The number of aromatic amines is 1. The van der Waals surface area contributed by atoms with Gasteiger partial charge in [0, 0.05) is 12.1 Å². The van der Waals surface area contributed by atoms with Crippen LogP contribution in [0.2, 0.25) is 0 Å². The lowest BCUT2D eigenvalue weighted by Crippen LogP contribution is -2.17. The van der Waals surface area contributed by atoms with E-state index in [-0.39, 0.29) is 28.9 Å². The molecule has 144 valence electrons. The minimum Gasteiger partial charge on any atom is -0.497 e. The van der Waals surface area contributed by atoms with Gasteiger partial charge in [0.05, 0.1) is 44.9 Å². The Morgan fingerprint density at radius 1 is 1.19 bits per heavy atom. The second-order valence-electron chi connectivity index (χ2n) is 5.20. The number of amides is 1. The quantitative estimate of drug-likeness (QED) is 0.390. The fourth-order valence-corrected chi connectivity index (χ4v) is 2.79. The van der Waals surface area contributed by atoms with Crippen LogP contribution in [-0.4, -0.2) is 48.9 Å². The van der Waals surface area contributed by atoms with Gasteiger partial charge in [0.1, 0.15) is 11.5 Å². The molecule has 0 fully saturated rings. The maximum atomic E-state index is 12.2. The van der Waals surface area contributed by atoms with Crippen LogP contribution in [-0.2, 0) is 20.7 Å². The summed E-state index contributed by atoms with van der Waals surface area (Å²) in [4.78, 5) is 41.9. The molecule has 0 unspecified atom stereocenters. The van der Waals surface area contributed by atoms with Crippen LogP contribution in [0, 0.1) is 0 Å². The fraction of sp³-hybridized carbons (Fsp3) is 0.294. The van der Waals surface area contributed by atoms with E-state index < -0.39 is 11.5 Å². The first-order chi connectivity index (χ1) is 12.9. The van der Waals surface area contributed by atoms with Gasteiger partial charge in [-0.3, -0.25) is 14.4 Å². The topological polar surface area (TPSA) is 120 Å². The van der Waals surface area contributed by atoms with E-state index in [1.165, 1.54) is 27.4 Å². The van der Waals surface area contributed by atoms with E-state index in [0.29, 0.717) is 17.2 Å². The van der Waals surface area contributed by atoms with Crippen LogP contribution in [0.1, 0.15) is 5.69 Å². The number of carbonyl (C=O) groups excluding carboxylic acids is 2. The number of esters is 1. The molecular formula is C17H19N3O6S. The Balaban J connectivity index is 2.03. The minimum absolute atomic E-state index is 0.00895. The summed E-state index contributed by atoms with van der Waals surface area (Å²) in [6, 6.07) is 6.24. The zero-order chi connectivity index (χ0) is 19.8. The number of aromatic nitrogens is 2. The van der Waals surface area contributed by atoms with Gasteiger partial charge in [0.15, 0.2) is 5.16 Å². The van der Waals surface area contributed by atoms with Gasteiger partial charge in [0.25, 0.3) is 5.56 Å². The van der Waals surface area contributed by atoms with Crippen molar-refractivity contribution in [2.24, 2.45) is 0 Å². The Kier molecular flexibility index (Phi) is 7.24. The minimum atomic E-state index is -0.507. The first kappa shape index (κ1) is 20.3. The molecule has 0 bridgehead atoms. The highest BCUT2D eigenvalue weighted by Gasteiger charge is 2.12. The third kappa shape index (κ3) is 6.03. The second-order valence-corrected chi connectivity index (χ2v) is 6.16. The lowest BCUT2D eigenvalue weighted by Gasteiger charge is -2.11. The van der Waals surface area contributed by atoms with Crippen molar-refractivity contribution in [2.45, 2.75) is 11.6 Å². The molecule has 0 aliphatic rings. The highest BCUT2D eigenvalue weighted by atomic mass is 32.2. The molecule has 0 atom stereocenters. The maximum Gasteiger partial charge on any atom is 0.311 e. The number of ether oxygens (including phenoxy) is 3. The number of benzene rings is 1. The number of hydrogen-bond acceptors (Lipinski definition) is 8. The Hall–Kier alpha value is -3.01. The molecule has 0 aliphatic heterocycles. The van der Waals surface area contributed by atoms with Crippen LogP contribution in [0.3, 0.4) is 0 Å². The van der Waals surface area contributed by atoms with Crippen molar-refractivity contribution in [3.63, 3.8) is 0 Å². The van der Waals surface area contributed by atoms with Gasteiger partial charge in [-0.05, 0) is 12.1 Å². The van der Waals surface area contributed by atoms with Crippen molar-refractivity contribution in [2.75, 3.05) is 32.4 Å².